The topological polar surface area (TPSA) is 46.5 Å². The van der Waals surface area contributed by atoms with Crippen molar-refractivity contribution in [2.45, 2.75) is 32.8 Å². The Morgan fingerprint density at radius 3 is 2.33 bits per heavy atom. The maximum atomic E-state index is 10.9. The summed E-state index contributed by atoms with van der Waals surface area (Å²) < 4.78 is 5.75. The van der Waals surface area contributed by atoms with Gasteiger partial charge in [0, 0.05) is 0 Å². The third-order valence-corrected chi connectivity index (χ3v) is 3.32. The normalized spacial score (nSPS) is 10.3. The molecule has 110 valence electrons. The minimum absolute atomic E-state index is 0.0228. The molecule has 0 heterocycles. The summed E-state index contributed by atoms with van der Waals surface area (Å²) >= 11 is 0. The Kier molecular flexibility index (Phi) is 5.38. The number of rotatable bonds is 7. The van der Waals surface area contributed by atoms with Crippen LogP contribution >= 0.6 is 0 Å². The molecular formula is C18H20O3. The van der Waals surface area contributed by atoms with Gasteiger partial charge in [-0.3, -0.25) is 4.79 Å². The van der Waals surface area contributed by atoms with Crippen molar-refractivity contribution < 1.29 is 14.6 Å². The molecule has 2 aromatic carbocycles. The van der Waals surface area contributed by atoms with Gasteiger partial charge in [0.15, 0.2) is 0 Å². The van der Waals surface area contributed by atoms with E-state index in [1.807, 2.05) is 36.4 Å². The predicted octanol–water partition coefficient (Wildman–Crippen LogP) is 3.85. The molecule has 2 aromatic rings. The summed E-state index contributed by atoms with van der Waals surface area (Å²) in [5.74, 6) is -0.0219. The van der Waals surface area contributed by atoms with Crippen LogP contribution in [0.5, 0.6) is 5.75 Å². The zero-order valence-electron chi connectivity index (χ0n) is 12.2. The fourth-order valence-electron chi connectivity index (χ4n) is 2.24. The van der Waals surface area contributed by atoms with E-state index in [0.717, 1.165) is 29.7 Å². The van der Waals surface area contributed by atoms with Gasteiger partial charge in [-0.05, 0) is 35.2 Å². The maximum absolute atomic E-state index is 10.9. The van der Waals surface area contributed by atoms with Crippen LogP contribution in [0.3, 0.4) is 0 Å². The number of hydrogen-bond donors (Lipinski definition) is 1. The second-order valence-corrected chi connectivity index (χ2v) is 5.02. The first kappa shape index (κ1) is 15.1. The molecule has 3 heteroatoms. The molecule has 0 aromatic heterocycles. The molecule has 1 N–H and O–H groups in total. The number of aryl methyl sites for hydroxylation is 1. The van der Waals surface area contributed by atoms with Crippen LogP contribution in [0.2, 0.25) is 0 Å². The van der Waals surface area contributed by atoms with E-state index in [2.05, 4.69) is 19.1 Å². The zero-order chi connectivity index (χ0) is 15.1. The van der Waals surface area contributed by atoms with E-state index in [1.165, 1.54) is 5.56 Å². The molecule has 0 amide bonds. The van der Waals surface area contributed by atoms with Gasteiger partial charge in [0.05, 0.1) is 6.42 Å². The number of ether oxygens (including phenoxy) is 1. The highest BCUT2D eigenvalue weighted by molar-refractivity contribution is 5.70. The lowest BCUT2D eigenvalue weighted by atomic mass is 10.1. The molecule has 0 radical (unpaired) electrons. The average molecular weight is 284 g/mol. The smallest absolute Gasteiger partial charge is 0.307 e. The van der Waals surface area contributed by atoms with Gasteiger partial charge in [0.2, 0.25) is 0 Å². The molecular weight excluding hydrogens is 264 g/mol. The molecule has 0 bridgehead atoms. The van der Waals surface area contributed by atoms with Crippen molar-refractivity contribution in [2.75, 3.05) is 0 Å². The Bertz CT molecular complexity index is 588. The van der Waals surface area contributed by atoms with Crippen molar-refractivity contribution in [1.82, 2.24) is 0 Å². The van der Waals surface area contributed by atoms with E-state index in [9.17, 15) is 4.79 Å². The summed E-state index contributed by atoms with van der Waals surface area (Å²) in [5.41, 5.74) is 3.02. The van der Waals surface area contributed by atoms with Crippen LogP contribution in [0.4, 0.5) is 0 Å². The predicted molar refractivity (Wildman–Crippen MR) is 82.6 cm³/mol. The quantitative estimate of drug-likeness (QED) is 0.840. The van der Waals surface area contributed by atoms with Crippen molar-refractivity contribution >= 4 is 5.97 Å². The average Bonchev–Trinajstić information content (AvgIpc) is 2.48. The number of benzene rings is 2. The Morgan fingerprint density at radius 1 is 1.05 bits per heavy atom. The van der Waals surface area contributed by atoms with Gasteiger partial charge in [-0.2, -0.15) is 0 Å². The Labute approximate surface area is 125 Å². The highest BCUT2D eigenvalue weighted by atomic mass is 16.5. The monoisotopic (exact) mass is 284 g/mol. The standard InChI is InChI=1S/C18H20O3/c1-2-5-14-8-10-17(11-9-14)21-13-16-7-4-3-6-15(16)12-18(19)20/h3-4,6-11H,2,5,12-13H2,1H3,(H,19,20). The van der Waals surface area contributed by atoms with Crippen LogP contribution in [0.15, 0.2) is 48.5 Å². The second-order valence-electron chi connectivity index (χ2n) is 5.02. The summed E-state index contributed by atoms with van der Waals surface area (Å²) in [7, 11) is 0. The zero-order valence-corrected chi connectivity index (χ0v) is 12.2. The number of carboxylic acids is 1. The molecule has 0 saturated carbocycles. The first-order chi connectivity index (χ1) is 10.2. The molecule has 3 nitrogen and oxygen atoms in total. The van der Waals surface area contributed by atoms with Gasteiger partial charge in [-0.25, -0.2) is 0 Å². The van der Waals surface area contributed by atoms with Crippen molar-refractivity contribution in [1.29, 1.82) is 0 Å². The Hall–Kier alpha value is -2.29. The molecule has 21 heavy (non-hydrogen) atoms. The molecule has 0 spiro atoms. The van der Waals surface area contributed by atoms with Gasteiger partial charge in [-0.15, -0.1) is 0 Å². The first-order valence-corrected chi connectivity index (χ1v) is 7.19. The lowest BCUT2D eigenvalue weighted by Crippen LogP contribution is -2.05. The SMILES string of the molecule is CCCc1ccc(OCc2ccccc2CC(=O)O)cc1. The molecule has 0 aliphatic heterocycles. The Balaban J connectivity index is 2.00. The molecule has 0 saturated heterocycles. The minimum atomic E-state index is -0.827. The first-order valence-electron chi connectivity index (χ1n) is 7.19. The number of carbonyl (C=O) groups is 1. The highest BCUT2D eigenvalue weighted by Gasteiger charge is 2.06. The number of hydrogen-bond acceptors (Lipinski definition) is 2. The van der Waals surface area contributed by atoms with Gasteiger partial charge >= 0.3 is 5.97 Å². The van der Waals surface area contributed by atoms with Crippen LogP contribution < -0.4 is 4.74 Å². The highest BCUT2D eigenvalue weighted by Crippen LogP contribution is 2.17. The Morgan fingerprint density at radius 2 is 1.71 bits per heavy atom. The van der Waals surface area contributed by atoms with Crippen LogP contribution in [0, 0.1) is 0 Å². The van der Waals surface area contributed by atoms with Gasteiger partial charge in [0.25, 0.3) is 0 Å². The fraction of sp³-hybridized carbons (Fsp3) is 0.278. The largest absolute Gasteiger partial charge is 0.489 e. The van der Waals surface area contributed by atoms with Crippen molar-refractivity contribution in [2.24, 2.45) is 0 Å². The van der Waals surface area contributed by atoms with Crippen LogP contribution in [-0.2, 0) is 24.2 Å². The molecule has 0 aliphatic rings. The molecule has 0 atom stereocenters. The molecule has 0 fully saturated rings. The van der Waals surface area contributed by atoms with E-state index >= 15 is 0 Å². The third-order valence-electron chi connectivity index (χ3n) is 3.32. The summed E-state index contributed by atoms with van der Waals surface area (Å²) in [6.45, 7) is 2.54. The van der Waals surface area contributed by atoms with Crippen LogP contribution in [-0.4, -0.2) is 11.1 Å². The third kappa shape index (κ3) is 4.63. The van der Waals surface area contributed by atoms with Gasteiger partial charge in [0.1, 0.15) is 12.4 Å². The lowest BCUT2D eigenvalue weighted by molar-refractivity contribution is -0.136. The van der Waals surface area contributed by atoms with Gasteiger partial charge in [-0.1, -0.05) is 49.7 Å². The van der Waals surface area contributed by atoms with E-state index in [4.69, 9.17) is 9.84 Å². The van der Waals surface area contributed by atoms with Crippen molar-refractivity contribution in [3.8, 4) is 5.75 Å². The summed E-state index contributed by atoms with van der Waals surface area (Å²) in [6, 6.07) is 15.6. The molecule has 2 rings (SSSR count). The second kappa shape index (κ2) is 7.48. The van der Waals surface area contributed by atoms with Crippen LogP contribution in [0.25, 0.3) is 0 Å². The maximum Gasteiger partial charge on any atom is 0.307 e. The van der Waals surface area contributed by atoms with E-state index in [0.29, 0.717) is 6.61 Å². The van der Waals surface area contributed by atoms with E-state index in [-0.39, 0.29) is 6.42 Å². The number of carboxylic acid groups (broad SMARTS) is 1. The van der Waals surface area contributed by atoms with Crippen molar-refractivity contribution in [3.05, 3.63) is 65.2 Å². The van der Waals surface area contributed by atoms with Crippen molar-refractivity contribution in [3.63, 3.8) is 0 Å². The summed E-state index contributed by atoms with van der Waals surface area (Å²) in [5, 5.41) is 8.92. The van der Waals surface area contributed by atoms with E-state index < -0.39 is 5.97 Å². The van der Waals surface area contributed by atoms with E-state index in [1.54, 1.807) is 0 Å². The lowest BCUT2D eigenvalue weighted by Gasteiger charge is -2.10. The molecule has 0 unspecified atom stereocenters. The van der Waals surface area contributed by atoms with Gasteiger partial charge < -0.3 is 9.84 Å². The molecule has 0 aliphatic carbocycles. The summed E-state index contributed by atoms with van der Waals surface area (Å²) in [6.07, 6.45) is 2.22. The van der Waals surface area contributed by atoms with Crippen LogP contribution in [0.1, 0.15) is 30.0 Å². The minimum Gasteiger partial charge on any atom is -0.489 e. The fourth-order valence-corrected chi connectivity index (χ4v) is 2.24. The summed E-state index contributed by atoms with van der Waals surface area (Å²) in [4.78, 5) is 10.9. The number of aliphatic carboxylic acids is 1.